The van der Waals surface area contributed by atoms with Crippen LogP contribution in [0.25, 0.3) is 0 Å². The van der Waals surface area contributed by atoms with E-state index in [-0.39, 0.29) is 6.61 Å². The van der Waals surface area contributed by atoms with Crippen LogP contribution in [0.5, 0.6) is 0 Å². The third kappa shape index (κ3) is 3.19. The first kappa shape index (κ1) is 13.3. The van der Waals surface area contributed by atoms with Gasteiger partial charge in [0.2, 0.25) is 0 Å². The fourth-order valence-electron chi connectivity index (χ4n) is 3.04. The number of aliphatic hydroxyl groups excluding tert-OH is 1. The lowest BCUT2D eigenvalue weighted by atomic mass is 9.99. The Bertz CT molecular complexity index is 257. The summed E-state index contributed by atoms with van der Waals surface area (Å²) in [7, 11) is 0. The molecule has 100 valence electrons. The van der Waals surface area contributed by atoms with Gasteiger partial charge < -0.3 is 10.8 Å². The molecule has 2 aliphatic heterocycles. The average molecular weight is 241 g/mol. The zero-order valence-electron chi connectivity index (χ0n) is 11.2. The highest BCUT2D eigenvalue weighted by Crippen LogP contribution is 2.25. The van der Waals surface area contributed by atoms with Crippen LogP contribution in [-0.2, 0) is 0 Å². The lowest BCUT2D eigenvalue weighted by Crippen LogP contribution is -2.56. The number of fused-ring (bicyclic) bond motifs is 1. The van der Waals surface area contributed by atoms with E-state index in [9.17, 15) is 5.11 Å². The van der Waals surface area contributed by atoms with Crippen molar-refractivity contribution in [3.8, 4) is 0 Å². The summed E-state index contributed by atoms with van der Waals surface area (Å²) in [4.78, 5) is 5.18. The number of nitrogens with zero attached hydrogens (tertiary/aromatic N) is 2. The van der Waals surface area contributed by atoms with E-state index >= 15 is 0 Å². The van der Waals surface area contributed by atoms with Gasteiger partial charge in [0.1, 0.15) is 0 Å². The van der Waals surface area contributed by atoms with Gasteiger partial charge in [0.15, 0.2) is 0 Å². The monoisotopic (exact) mass is 241 g/mol. The molecule has 0 bridgehead atoms. The quantitative estimate of drug-likeness (QED) is 0.741. The molecule has 0 amide bonds. The van der Waals surface area contributed by atoms with E-state index in [1.54, 1.807) is 0 Å². The third-order valence-corrected chi connectivity index (χ3v) is 4.40. The molecule has 0 aliphatic carbocycles. The molecule has 2 saturated heterocycles. The second-order valence-electron chi connectivity index (χ2n) is 6.20. The van der Waals surface area contributed by atoms with Crippen LogP contribution in [0.1, 0.15) is 33.1 Å². The minimum atomic E-state index is -0.424. The molecular weight excluding hydrogens is 214 g/mol. The van der Waals surface area contributed by atoms with Crippen molar-refractivity contribution in [2.24, 2.45) is 5.73 Å². The molecule has 4 heteroatoms. The molecule has 4 nitrogen and oxygen atoms in total. The van der Waals surface area contributed by atoms with Crippen LogP contribution in [-0.4, -0.2) is 65.3 Å². The van der Waals surface area contributed by atoms with E-state index in [4.69, 9.17) is 5.73 Å². The zero-order chi connectivity index (χ0) is 12.5. The van der Waals surface area contributed by atoms with Crippen LogP contribution in [0.15, 0.2) is 0 Å². The lowest BCUT2D eigenvalue weighted by molar-refractivity contribution is 0.0512. The van der Waals surface area contributed by atoms with E-state index in [0.717, 1.165) is 19.0 Å². The fraction of sp³-hybridized carbons (Fsp3) is 1.00. The summed E-state index contributed by atoms with van der Waals surface area (Å²) in [5.74, 6) is 0. The van der Waals surface area contributed by atoms with Crippen molar-refractivity contribution in [3.05, 3.63) is 0 Å². The first-order valence-corrected chi connectivity index (χ1v) is 6.90. The maximum absolute atomic E-state index is 9.19. The van der Waals surface area contributed by atoms with Gasteiger partial charge in [-0.15, -0.1) is 0 Å². The summed E-state index contributed by atoms with van der Waals surface area (Å²) in [6, 6.07) is 1.39. The summed E-state index contributed by atoms with van der Waals surface area (Å²) in [6.07, 6.45) is 3.58. The first-order valence-electron chi connectivity index (χ1n) is 6.90. The molecule has 3 N–H and O–H groups in total. The molecule has 0 spiro atoms. The maximum Gasteiger partial charge on any atom is 0.0608 e. The Kier molecular flexibility index (Phi) is 4.08. The lowest BCUT2D eigenvalue weighted by Gasteiger charge is -2.43. The molecule has 0 aromatic heterocycles. The number of piperazine rings is 1. The number of rotatable bonds is 4. The number of hydrogen-bond acceptors (Lipinski definition) is 4. The minimum absolute atomic E-state index is 0.0742. The highest BCUT2D eigenvalue weighted by Gasteiger charge is 2.34. The van der Waals surface area contributed by atoms with Gasteiger partial charge in [-0.25, -0.2) is 0 Å². The Morgan fingerprint density at radius 2 is 2.18 bits per heavy atom. The van der Waals surface area contributed by atoms with Gasteiger partial charge in [-0.1, -0.05) is 0 Å². The second kappa shape index (κ2) is 5.22. The molecule has 17 heavy (non-hydrogen) atoms. The van der Waals surface area contributed by atoms with Crippen LogP contribution < -0.4 is 5.73 Å². The van der Waals surface area contributed by atoms with Crippen molar-refractivity contribution in [2.45, 2.75) is 50.7 Å². The van der Waals surface area contributed by atoms with Gasteiger partial charge in [-0.05, 0) is 39.7 Å². The Morgan fingerprint density at radius 3 is 2.88 bits per heavy atom. The number of aliphatic hydroxyl groups is 1. The summed E-state index contributed by atoms with van der Waals surface area (Å²) < 4.78 is 0. The predicted molar refractivity (Wildman–Crippen MR) is 69.9 cm³/mol. The van der Waals surface area contributed by atoms with Gasteiger partial charge in [-0.2, -0.15) is 0 Å². The maximum atomic E-state index is 9.19. The fourth-order valence-corrected chi connectivity index (χ4v) is 3.04. The smallest absolute Gasteiger partial charge is 0.0608 e. The minimum Gasteiger partial charge on any atom is -0.394 e. The topological polar surface area (TPSA) is 52.7 Å². The molecule has 0 radical (unpaired) electrons. The normalized spacial score (nSPS) is 34.6. The van der Waals surface area contributed by atoms with Crippen molar-refractivity contribution < 1.29 is 5.11 Å². The highest BCUT2D eigenvalue weighted by molar-refractivity contribution is 4.91. The molecule has 0 aromatic rings. The van der Waals surface area contributed by atoms with Crippen molar-refractivity contribution in [2.75, 3.05) is 32.8 Å². The summed E-state index contributed by atoms with van der Waals surface area (Å²) in [5.41, 5.74) is 5.57. The molecule has 2 heterocycles. The van der Waals surface area contributed by atoms with Crippen LogP contribution in [0.3, 0.4) is 0 Å². The molecule has 2 rings (SSSR count). The van der Waals surface area contributed by atoms with Gasteiger partial charge in [0.25, 0.3) is 0 Å². The summed E-state index contributed by atoms with van der Waals surface area (Å²) >= 11 is 0. The second-order valence-corrected chi connectivity index (χ2v) is 6.20. The largest absolute Gasteiger partial charge is 0.394 e. The van der Waals surface area contributed by atoms with E-state index in [1.165, 1.54) is 32.5 Å². The molecule has 3 unspecified atom stereocenters. The molecule has 2 aliphatic rings. The van der Waals surface area contributed by atoms with Crippen molar-refractivity contribution in [1.82, 2.24) is 9.80 Å². The molecule has 2 fully saturated rings. The first-order chi connectivity index (χ1) is 8.02. The zero-order valence-corrected chi connectivity index (χ0v) is 11.2. The van der Waals surface area contributed by atoms with Crippen LogP contribution >= 0.6 is 0 Å². The predicted octanol–water partition coefficient (Wildman–Crippen LogP) is 0.255. The van der Waals surface area contributed by atoms with Gasteiger partial charge in [-0.3, -0.25) is 9.80 Å². The van der Waals surface area contributed by atoms with Crippen molar-refractivity contribution in [3.63, 3.8) is 0 Å². The standard InChI is InChI=1S/C13H27N3O/c1-11-8-16-6-3-4-12(16)9-15(11)7-5-13(2,14)10-17/h11-12,17H,3-10,14H2,1-2H3. The van der Waals surface area contributed by atoms with Gasteiger partial charge in [0.05, 0.1) is 6.61 Å². The molecule has 0 saturated carbocycles. The van der Waals surface area contributed by atoms with E-state index < -0.39 is 5.54 Å². The van der Waals surface area contributed by atoms with Crippen LogP contribution in [0, 0.1) is 0 Å². The molecule has 0 aromatic carbocycles. The Morgan fingerprint density at radius 1 is 1.41 bits per heavy atom. The SMILES string of the molecule is CC1CN2CCCC2CN1CCC(C)(N)CO. The van der Waals surface area contributed by atoms with E-state index in [1.807, 2.05) is 6.92 Å². The Labute approximate surface area is 105 Å². The van der Waals surface area contributed by atoms with E-state index in [2.05, 4.69) is 16.7 Å². The molecular formula is C13H27N3O. The summed E-state index contributed by atoms with van der Waals surface area (Å²) in [6.45, 7) is 9.00. The highest BCUT2D eigenvalue weighted by atomic mass is 16.3. The summed E-state index contributed by atoms with van der Waals surface area (Å²) in [5, 5.41) is 9.19. The van der Waals surface area contributed by atoms with Gasteiger partial charge in [0, 0.05) is 37.3 Å². The number of hydrogen-bond donors (Lipinski definition) is 2. The van der Waals surface area contributed by atoms with Crippen molar-refractivity contribution in [1.29, 1.82) is 0 Å². The Hall–Kier alpha value is -0.160. The Balaban J connectivity index is 1.84. The van der Waals surface area contributed by atoms with Crippen LogP contribution in [0.4, 0.5) is 0 Å². The number of nitrogens with two attached hydrogens (primary N) is 1. The van der Waals surface area contributed by atoms with Crippen LogP contribution in [0.2, 0.25) is 0 Å². The van der Waals surface area contributed by atoms with Crippen molar-refractivity contribution >= 4 is 0 Å². The average Bonchev–Trinajstić information content (AvgIpc) is 2.73. The van der Waals surface area contributed by atoms with Gasteiger partial charge >= 0.3 is 0 Å². The molecule has 3 atom stereocenters. The third-order valence-electron chi connectivity index (χ3n) is 4.40. The van der Waals surface area contributed by atoms with E-state index in [0.29, 0.717) is 6.04 Å².